The zero-order chi connectivity index (χ0) is 27.1. The number of nitrogens with zero attached hydrogens (tertiary/aromatic N) is 1. The molecule has 38 heavy (non-hydrogen) atoms. The summed E-state index contributed by atoms with van der Waals surface area (Å²) in [5.41, 5.74) is 6.77. The van der Waals surface area contributed by atoms with Gasteiger partial charge in [0.2, 0.25) is 17.7 Å². The van der Waals surface area contributed by atoms with Crippen LogP contribution in [-0.2, 0) is 14.4 Å². The summed E-state index contributed by atoms with van der Waals surface area (Å²) in [5, 5.41) is 6.91. The predicted molar refractivity (Wildman–Crippen MR) is 147 cm³/mol. The topological polar surface area (TPSA) is 137 Å². The second-order valence-electron chi connectivity index (χ2n) is 10.5. The van der Waals surface area contributed by atoms with Gasteiger partial charge < -0.3 is 26.3 Å². The van der Waals surface area contributed by atoms with Crippen molar-refractivity contribution in [1.82, 2.24) is 20.5 Å². The Morgan fingerprint density at radius 3 is 2.50 bits per heavy atom. The van der Waals surface area contributed by atoms with Crippen LogP contribution in [0.3, 0.4) is 0 Å². The average molecular weight is 544 g/mol. The summed E-state index contributed by atoms with van der Waals surface area (Å²) < 4.78 is 0. The van der Waals surface area contributed by atoms with Crippen molar-refractivity contribution in [2.24, 2.45) is 11.7 Å². The number of aromatic amines is 1. The summed E-state index contributed by atoms with van der Waals surface area (Å²) in [7, 11) is 0. The van der Waals surface area contributed by atoms with Gasteiger partial charge in [0.15, 0.2) is 0 Å². The Hall–Kier alpha value is -3.07. The lowest BCUT2D eigenvalue weighted by Gasteiger charge is -2.32. The van der Waals surface area contributed by atoms with Gasteiger partial charge in [-0.2, -0.15) is 0 Å². The molecule has 2 fully saturated rings. The Balaban J connectivity index is 1.58. The molecule has 2 aliphatic heterocycles. The minimum atomic E-state index is -0.988. The molecule has 1 unspecified atom stereocenters. The second kappa shape index (κ2) is 13.1. The average Bonchev–Trinajstić information content (AvgIpc) is 3.32. The molecule has 9 nitrogen and oxygen atoms in total. The minimum Gasteiger partial charge on any atom is -0.368 e. The first-order valence-corrected chi connectivity index (χ1v) is 14.2. The number of H-pyrrole nitrogens is 1. The molecule has 1 aromatic heterocycles. The number of fused-ring (bicyclic) bond motifs is 1. The Morgan fingerprint density at radius 2 is 1.79 bits per heavy atom. The van der Waals surface area contributed by atoms with Gasteiger partial charge >= 0.3 is 0 Å². The van der Waals surface area contributed by atoms with E-state index in [4.69, 9.17) is 17.3 Å². The van der Waals surface area contributed by atoms with E-state index in [1.807, 2.05) is 12.1 Å². The van der Waals surface area contributed by atoms with E-state index in [2.05, 4.69) is 15.6 Å². The molecule has 206 valence electrons. The quantitative estimate of drug-likeness (QED) is 0.442. The Morgan fingerprint density at radius 1 is 1.05 bits per heavy atom. The fraction of sp³-hybridized carbons (Fsp3) is 0.571. The number of rotatable bonds is 6. The molecule has 4 rings (SSSR count). The van der Waals surface area contributed by atoms with Gasteiger partial charge in [0.25, 0.3) is 5.91 Å². The van der Waals surface area contributed by atoms with Crippen molar-refractivity contribution in [2.45, 2.75) is 82.7 Å². The largest absolute Gasteiger partial charge is 0.368 e. The van der Waals surface area contributed by atoms with Gasteiger partial charge in [-0.15, -0.1) is 0 Å². The van der Waals surface area contributed by atoms with Gasteiger partial charge in [0.1, 0.15) is 17.8 Å². The van der Waals surface area contributed by atoms with E-state index in [1.165, 1.54) is 0 Å². The van der Waals surface area contributed by atoms with Crippen molar-refractivity contribution in [3.8, 4) is 0 Å². The van der Waals surface area contributed by atoms with Crippen LogP contribution < -0.4 is 16.4 Å². The zero-order valence-corrected chi connectivity index (χ0v) is 22.5. The number of carbonyl (C=O) groups is 4. The van der Waals surface area contributed by atoms with Crippen LogP contribution in [0, 0.1) is 5.92 Å². The van der Waals surface area contributed by atoms with Crippen molar-refractivity contribution in [2.75, 3.05) is 13.1 Å². The van der Waals surface area contributed by atoms with Crippen LogP contribution in [0.15, 0.2) is 24.3 Å². The number of halogens is 1. The molecule has 3 heterocycles. The fourth-order valence-electron chi connectivity index (χ4n) is 5.58. The van der Waals surface area contributed by atoms with Gasteiger partial charge in [0.05, 0.1) is 0 Å². The smallest absolute Gasteiger partial charge is 0.270 e. The number of aromatic nitrogens is 1. The molecule has 0 bridgehead atoms. The van der Waals surface area contributed by atoms with E-state index >= 15 is 0 Å². The summed E-state index contributed by atoms with van der Waals surface area (Å²) in [6, 6.07) is 5.42. The maximum Gasteiger partial charge on any atom is 0.270 e. The molecule has 10 heteroatoms. The number of primary amides is 1. The number of hydrogen-bond acceptors (Lipinski definition) is 4. The van der Waals surface area contributed by atoms with E-state index in [0.29, 0.717) is 36.6 Å². The predicted octanol–water partition coefficient (Wildman–Crippen LogP) is 3.65. The summed E-state index contributed by atoms with van der Waals surface area (Å²) in [4.78, 5) is 56.9. The molecule has 0 radical (unpaired) electrons. The number of piperidine rings is 1. The Bertz CT molecular complexity index is 1170. The fourth-order valence-corrected chi connectivity index (χ4v) is 5.81. The Kier molecular flexibility index (Phi) is 9.66. The van der Waals surface area contributed by atoms with Crippen LogP contribution in [0.1, 0.15) is 81.1 Å². The molecular formula is C28H38ClN5O4. The maximum absolute atomic E-state index is 13.9. The number of amides is 4. The Labute approximate surface area is 228 Å². The third kappa shape index (κ3) is 6.87. The molecule has 2 aromatic rings. The number of nitrogens with two attached hydrogens (primary N) is 1. The number of nitrogens with one attached hydrogen (secondary N) is 3. The van der Waals surface area contributed by atoms with Crippen molar-refractivity contribution >= 4 is 46.1 Å². The zero-order valence-electron chi connectivity index (χ0n) is 21.8. The van der Waals surface area contributed by atoms with Gasteiger partial charge in [-0.3, -0.25) is 19.2 Å². The molecule has 2 aliphatic rings. The molecule has 5 N–H and O–H groups in total. The molecule has 2 saturated heterocycles. The van der Waals surface area contributed by atoms with Crippen molar-refractivity contribution in [1.29, 1.82) is 0 Å². The maximum atomic E-state index is 13.9. The highest BCUT2D eigenvalue weighted by Crippen LogP contribution is 2.26. The molecule has 1 aromatic carbocycles. The lowest BCUT2D eigenvalue weighted by Crippen LogP contribution is -2.55. The van der Waals surface area contributed by atoms with Gasteiger partial charge in [-0.1, -0.05) is 56.2 Å². The first-order chi connectivity index (χ1) is 18.3. The van der Waals surface area contributed by atoms with Crippen molar-refractivity contribution in [3.05, 3.63) is 35.0 Å². The van der Waals surface area contributed by atoms with Crippen LogP contribution in [-0.4, -0.2) is 58.7 Å². The van der Waals surface area contributed by atoms with Gasteiger partial charge in [0, 0.05) is 34.9 Å². The molecule has 0 saturated carbocycles. The van der Waals surface area contributed by atoms with E-state index < -0.39 is 23.9 Å². The summed E-state index contributed by atoms with van der Waals surface area (Å²) in [6.07, 6.45) is 8.90. The molecule has 0 aliphatic carbocycles. The highest BCUT2D eigenvalue weighted by Gasteiger charge is 2.35. The van der Waals surface area contributed by atoms with Crippen LogP contribution in [0.5, 0.6) is 0 Å². The highest BCUT2D eigenvalue weighted by atomic mass is 35.5. The highest BCUT2D eigenvalue weighted by molar-refractivity contribution is 6.35. The molecule has 4 amide bonds. The SMILES string of the molecule is NC(=O)[C@H](C[C@@H]1CCCNC1=O)NC(=O)C1CCCCCCCCCN1C(=O)c1cc2c(Cl)cccc2[nH]1. The number of benzene rings is 1. The first-order valence-electron chi connectivity index (χ1n) is 13.8. The summed E-state index contributed by atoms with van der Waals surface area (Å²) in [6.45, 7) is 1.04. The third-order valence-electron chi connectivity index (χ3n) is 7.74. The number of hydrogen-bond donors (Lipinski definition) is 4. The monoisotopic (exact) mass is 543 g/mol. The first kappa shape index (κ1) is 28.0. The molecule has 0 spiro atoms. The van der Waals surface area contributed by atoms with Gasteiger partial charge in [-0.05, 0) is 50.3 Å². The van der Waals surface area contributed by atoms with Crippen molar-refractivity contribution in [3.63, 3.8) is 0 Å². The van der Waals surface area contributed by atoms with E-state index in [9.17, 15) is 19.2 Å². The lowest BCUT2D eigenvalue weighted by molar-refractivity contribution is -0.132. The van der Waals surface area contributed by atoms with Crippen LogP contribution in [0.2, 0.25) is 5.02 Å². The molecule has 3 atom stereocenters. The van der Waals surface area contributed by atoms with Crippen molar-refractivity contribution < 1.29 is 19.2 Å². The van der Waals surface area contributed by atoms with Crippen LogP contribution in [0.25, 0.3) is 10.9 Å². The minimum absolute atomic E-state index is 0.124. The van der Waals surface area contributed by atoms with Crippen LogP contribution >= 0.6 is 11.6 Å². The summed E-state index contributed by atoms with van der Waals surface area (Å²) in [5.74, 6) is -1.88. The summed E-state index contributed by atoms with van der Waals surface area (Å²) >= 11 is 6.34. The standard InChI is InChI=1S/C28H38ClN5O4/c29-20-11-8-12-21-19(20)17-23(32-21)28(38)34-15-7-5-3-1-2-4-6-13-24(34)27(37)33-22(25(30)35)16-18-10-9-14-31-26(18)36/h8,11-12,17-18,22,24,32H,1-7,9-10,13-16H2,(H2,30,35)(H,31,36)(H,33,37)/t18-,22-,24?/m0/s1. The number of carbonyl (C=O) groups excluding carboxylic acids is 4. The lowest BCUT2D eigenvalue weighted by atomic mass is 9.91. The third-order valence-corrected chi connectivity index (χ3v) is 8.07. The van der Waals surface area contributed by atoms with Gasteiger partial charge in [-0.25, -0.2) is 0 Å². The normalized spacial score (nSPS) is 22.2. The van der Waals surface area contributed by atoms with Crippen LogP contribution in [0.4, 0.5) is 0 Å². The van der Waals surface area contributed by atoms with E-state index in [1.54, 1.807) is 17.0 Å². The van der Waals surface area contributed by atoms with E-state index in [0.717, 1.165) is 62.3 Å². The second-order valence-corrected chi connectivity index (χ2v) is 10.9. The van der Waals surface area contributed by atoms with E-state index in [-0.39, 0.29) is 24.2 Å². The molecular weight excluding hydrogens is 506 g/mol.